The van der Waals surface area contributed by atoms with E-state index in [1.807, 2.05) is 30.3 Å². The van der Waals surface area contributed by atoms with Crippen molar-refractivity contribution >= 4 is 43.4 Å². The summed E-state index contributed by atoms with van der Waals surface area (Å²) in [5.74, 6) is 0.836. The van der Waals surface area contributed by atoms with Crippen molar-refractivity contribution in [2.24, 2.45) is 0 Å². The molecule has 0 amide bonds. The molecule has 0 aromatic heterocycles. The fourth-order valence-electron chi connectivity index (χ4n) is 2.20. The average molecular weight is 434 g/mol. The van der Waals surface area contributed by atoms with Crippen LogP contribution in [0.4, 0.5) is 5.69 Å². The van der Waals surface area contributed by atoms with Gasteiger partial charge in [0, 0.05) is 20.8 Å². The highest BCUT2D eigenvalue weighted by Crippen LogP contribution is 2.24. The first-order valence-corrected chi connectivity index (χ1v) is 10.8. The van der Waals surface area contributed by atoms with Crippen LogP contribution in [0.3, 0.4) is 0 Å². The maximum Gasteiger partial charge on any atom is 0.261 e. The van der Waals surface area contributed by atoms with Crippen molar-refractivity contribution in [3.8, 4) is 0 Å². The number of rotatable bonds is 6. The number of nitrogens with one attached hydrogen (secondary N) is 1. The predicted molar refractivity (Wildman–Crippen MR) is 107 cm³/mol. The lowest BCUT2D eigenvalue weighted by molar-refractivity contribution is 0.601. The molecule has 3 rings (SSSR count). The van der Waals surface area contributed by atoms with E-state index >= 15 is 0 Å². The highest BCUT2D eigenvalue weighted by atomic mass is 79.9. The Hall–Kier alpha value is -1.76. The van der Waals surface area contributed by atoms with Gasteiger partial charge in [-0.25, -0.2) is 8.42 Å². The topological polar surface area (TPSA) is 46.2 Å². The fraction of sp³-hybridized carbons (Fsp3) is 0.0526. The Balaban J connectivity index is 1.66. The van der Waals surface area contributed by atoms with E-state index < -0.39 is 10.0 Å². The van der Waals surface area contributed by atoms with E-state index in [-0.39, 0.29) is 4.90 Å². The van der Waals surface area contributed by atoms with Crippen molar-refractivity contribution in [3.05, 3.63) is 88.9 Å². The molecule has 3 nitrogen and oxygen atoms in total. The summed E-state index contributed by atoms with van der Waals surface area (Å²) in [5.41, 5.74) is 1.69. The number of sulfonamides is 1. The third kappa shape index (κ3) is 5.11. The van der Waals surface area contributed by atoms with Gasteiger partial charge < -0.3 is 0 Å². The lowest BCUT2D eigenvalue weighted by Gasteiger charge is -2.09. The molecule has 0 aliphatic heterocycles. The molecule has 0 aliphatic rings. The minimum absolute atomic E-state index is 0.227. The highest BCUT2D eigenvalue weighted by Gasteiger charge is 2.14. The molecule has 6 heteroatoms. The Bertz CT molecular complexity index is 943. The molecule has 0 heterocycles. The first-order chi connectivity index (χ1) is 12.0. The lowest BCUT2D eigenvalue weighted by atomic mass is 10.2. The average Bonchev–Trinajstić information content (AvgIpc) is 2.62. The Kier molecular flexibility index (Phi) is 5.83. The zero-order valence-corrected chi connectivity index (χ0v) is 16.4. The summed E-state index contributed by atoms with van der Waals surface area (Å²) >= 11 is 5.04. The maximum atomic E-state index is 12.4. The summed E-state index contributed by atoms with van der Waals surface area (Å²) in [6.07, 6.45) is 0. The van der Waals surface area contributed by atoms with Crippen LogP contribution >= 0.6 is 27.7 Å². The van der Waals surface area contributed by atoms with Crippen LogP contribution in [0, 0.1) is 0 Å². The second-order valence-electron chi connectivity index (χ2n) is 5.36. The van der Waals surface area contributed by atoms with Crippen LogP contribution in [0.2, 0.25) is 0 Å². The molecule has 0 saturated carbocycles. The third-order valence-electron chi connectivity index (χ3n) is 3.46. The van der Waals surface area contributed by atoms with E-state index in [2.05, 4.69) is 32.8 Å². The number of hydrogen-bond donors (Lipinski definition) is 1. The molecule has 0 atom stereocenters. The van der Waals surface area contributed by atoms with E-state index in [9.17, 15) is 8.42 Å². The minimum Gasteiger partial charge on any atom is -0.280 e. The van der Waals surface area contributed by atoms with Crippen LogP contribution in [0.1, 0.15) is 5.56 Å². The van der Waals surface area contributed by atoms with Crippen molar-refractivity contribution in [1.82, 2.24) is 0 Å². The quantitative estimate of drug-likeness (QED) is 0.518. The molecule has 0 unspecified atom stereocenters. The maximum absolute atomic E-state index is 12.4. The number of hydrogen-bond acceptors (Lipinski definition) is 3. The summed E-state index contributed by atoms with van der Waals surface area (Å²) in [5, 5.41) is 0. The molecular formula is C19H16BrNO2S2. The van der Waals surface area contributed by atoms with E-state index in [0.717, 1.165) is 15.8 Å². The molecule has 1 N–H and O–H groups in total. The largest absolute Gasteiger partial charge is 0.280 e. The normalized spacial score (nSPS) is 11.2. The van der Waals surface area contributed by atoms with Crippen molar-refractivity contribution in [1.29, 1.82) is 0 Å². The molecule has 0 fully saturated rings. The lowest BCUT2D eigenvalue weighted by Crippen LogP contribution is -2.12. The van der Waals surface area contributed by atoms with Crippen molar-refractivity contribution < 1.29 is 8.42 Å². The van der Waals surface area contributed by atoms with Crippen molar-refractivity contribution in [2.45, 2.75) is 15.5 Å². The Morgan fingerprint density at radius 1 is 0.880 bits per heavy atom. The summed E-state index contributed by atoms with van der Waals surface area (Å²) < 4.78 is 28.2. The highest BCUT2D eigenvalue weighted by molar-refractivity contribution is 9.10. The van der Waals surface area contributed by atoms with Gasteiger partial charge >= 0.3 is 0 Å². The first-order valence-electron chi connectivity index (χ1n) is 7.58. The van der Waals surface area contributed by atoms with Gasteiger partial charge in [-0.2, -0.15) is 0 Å². The molecule has 3 aromatic rings. The number of halogens is 1. The molecule has 0 radical (unpaired) electrons. The van der Waals surface area contributed by atoms with Gasteiger partial charge in [-0.3, -0.25) is 4.72 Å². The number of thioether (sulfide) groups is 1. The van der Waals surface area contributed by atoms with Crippen LogP contribution in [0.5, 0.6) is 0 Å². The smallest absolute Gasteiger partial charge is 0.261 e. The predicted octanol–water partition coefficient (Wildman–Crippen LogP) is 5.54. The van der Waals surface area contributed by atoms with Crippen LogP contribution in [-0.4, -0.2) is 8.42 Å². The monoisotopic (exact) mass is 433 g/mol. The molecule has 25 heavy (non-hydrogen) atoms. The van der Waals surface area contributed by atoms with Gasteiger partial charge in [0.2, 0.25) is 0 Å². The van der Waals surface area contributed by atoms with Gasteiger partial charge in [-0.1, -0.05) is 52.3 Å². The zero-order chi connectivity index (χ0) is 17.7. The Morgan fingerprint density at radius 3 is 2.28 bits per heavy atom. The standard InChI is InChI=1S/C19H16BrNO2S2/c20-16-5-4-8-19(13-16)25(22,23)21-17-11-9-15(10-12-17)14-24-18-6-2-1-3-7-18/h1-13,21H,14H2. The van der Waals surface area contributed by atoms with Crippen molar-refractivity contribution in [2.75, 3.05) is 4.72 Å². The molecule has 0 spiro atoms. The van der Waals surface area contributed by atoms with Crippen LogP contribution in [-0.2, 0) is 15.8 Å². The van der Waals surface area contributed by atoms with Gasteiger partial charge in [-0.05, 0) is 48.0 Å². The van der Waals surface area contributed by atoms with Gasteiger partial charge in [0.05, 0.1) is 4.90 Å². The van der Waals surface area contributed by atoms with Crippen LogP contribution in [0.15, 0.2) is 93.1 Å². The summed E-state index contributed by atoms with van der Waals surface area (Å²) in [7, 11) is -3.59. The zero-order valence-electron chi connectivity index (χ0n) is 13.2. The molecule has 0 aliphatic carbocycles. The van der Waals surface area contributed by atoms with Gasteiger partial charge in [0.15, 0.2) is 0 Å². The number of benzene rings is 3. The van der Waals surface area contributed by atoms with E-state index in [4.69, 9.17) is 0 Å². The summed E-state index contributed by atoms with van der Waals surface area (Å²) in [4.78, 5) is 1.44. The molecule has 0 saturated heterocycles. The molecule has 128 valence electrons. The van der Waals surface area contributed by atoms with Gasteiger partial charge in [-0.15, -0.1) is 11.8 Å². The molecule has 0 bridgehead atoms. The molecular weight excluding hydrogens is 418 g/mol. The summed E-state index contributed by atoms with van der Waals surface area (Å²) in [6, 6.07) is 24.3. The van der Waals surface area contributed by atoms with E-state index in [1.54, 1.807) is 48.2 Å². The Labute approximate surface area is 160 Å². The van der Waals surface area contributed by atoms with Gasteiger partial charge in [0.25, 0.3) is 10.0 Å². The first kappa shape index (κ1) is 18.0. The van der Waals surface area contributed by atoms with Crippen molar-refractivity contribution in [3.63, 3.8) is 0 Å². The van der Waals surface area contributed by atoms with E-state index in [0.29, 0.717) is 5.69 Å². The number of anilines is 1. The SMILES string of the molecule is O=S(=O)(Nc1ccc(CSc2ccccc2)cc1)c1cccc(Br)c1. The fourth-order valence-corrected chi connectivity index (χ4v) is 4.73. The van der Waals surface area contributed by atoms with E-state index in [1.165, 1.54) is 4.90 Å². The van der Waals surface area contributed by atoms with Crippen LogP contribution in [0.25, 0.3) is 0 Å². The minimum atomic E-state index is -3.59. The Morgan fingerprint density at radius 2 is 1.60 bits per heavy atom. The van der Waals surface area contributed by atoms with Crippen LogP contribution < -0.4 is 4.72 Å². The molecule has 3 aromatic carbocycles. The summed E-state index contributed by atoms with van der Waals surface area (Å²) in [6.45, 7) is 0. The third-order valence-corrected chi connectivity index (χ3v) is 6.42. The second-order valence-corrected chi connectivity index (χ2v) is 9.01. The van der Waals surface area contributed by atoms with Gasteiger partial charge in [0.1, 0.15) is 0 Å². The second kappa shape index (κ2) is 8.08.